The van der Waals surface area contributed by atoms with Crippen molar-refractivity contribution in [2.45, 2.75) is 58.0 Å². The largest absolute Gasteiger partial charge is 0.342 e. The average molecular weight is 266 g/mol. The number of hydrogen-bond donors (Lipinski definition) is 0. The van der Waals surface area contributed by atoms with Crippen molar-refractivity contribution in [1.82, 2.24) is 9.80 Å². The third kappa shape index (κ3) is 3.16. The van der Waals surface area contributed by atoms with E-state index in [4.69, 9.17) is 0 Å². The second kappa shape index (κ2) is 6.04. The number of rotatable bonds is 4. The molecule has 108 valence electrons. The van der Waals surface area contributed by atoms with E-state index in [2.05, 4.69) is 4.90 Å². The van der Waals surface area contributed by atoms with Gasteiger partial charge in [0.25, 0.3) is 0 Å². The molecule has 2 fully saturated rings. The molecule has 0 aromatic rings. The molecule has 0 aromatic heterocycles. The van der Waals surface area contributed by atoms with Crippen LogP contribution in [0.15, 0.2) is 0 Å². The fourth-order valence-electron chi connectivity index (χ4n) is 3.33. The van der Waals surface area contributed by atoms with E-state index in [0.717, 1.165) is 38.6 Å². The van der Waals surface area contributed by atoms with Crippen LogP contribution >= 0.6 is 0 Å². The molecule has 0 bridgehead atoms. The second-order valence-electron chi connectivity index (χ2n) is 6.24. The van der Waals surface area contributed by atoms with Crippen LogP contribution < -0.4 is 0 Å². The van der Waals surface area contributed by atoms with Gasteiger partial charge in [0.1, 0.15) is 5.78 Å². The van der Waals surface area contributed by atoms with Gasteiger partial charge in [-0.05, 0) is 46.1 Å². The summed E-state index contributed by atoms with van der Waals surface area (Å²) in [5.74, 6) is 0.786. The van der Waals surface area contributed by atoms with Gasteiger partial charge in [-0.2, -0.15) is 0 Å². The lowest BCUT2D eigenvalue weighted by Gasteiger charge is -2.30. The van der Waals surface area contributed by atoms with Crippen molar-refractivity contribution < 1.29 is 9.59 Å². The summed E-state index contributed by atoms with van der Waals surface area (Å²) in [5.41, 5.74) is 0. The van der Waals surface area contributed by atoms with Gasteiger partial charge in [-0.1, -0.05) is 0 Å². The first-order valence-electron chi connectivity index (χ1n) is 7.53. The molecule has 2 unspecified atom stereocenters. The van der Waals surface area contributed by atoms with Gasteiger partial charge >= 0.3 is 0 Å². The van der Waals surface area contributed by atoms with Crippen LogP contribution in [-0.2, 0) is 9.59 Å². The van der Waals surface area contributed by atoms with E-state index in [0.29, 0.717) is 18.4 Å². The van der Waals surface area contributed by atoms with Crippen molar-refractivity contribution in [3.63, 3.8) is 0 Å². The highest BCUT2D eigenvalue weighted by molar-refractivity contribution is 5.84. The minimum atomic E-state index is 0.173. The molecule has 1 heterocycles. The summed E-state index contributed by atoms with van der Waals surface area (Å²) in [6.45, 7) is 5.50. The van der Waals surface area contributed by atoms with Crippen LogP contribution in [0.4, 0.5) is 0 Å². The minimum absolute atomic E-state index is 0.173. The molecule has 0 aromatic carbocycles. The normalized spacial score (nSPS) is 28.3. The zero-order valence-electron chi connectivity index (χ0n) is 12.4. The van der Waals surface area contributed by atoms with E-state index < -0.39 is 0 Å². The number of ketones is 1. The molecule has 1 saturated carbocycles. The summed E-state index contributed by atoms with van der Waals surface area (Å²) in [6.07, 6.45) is 5.00. The lowest BCUT2D eigenvalue weighted by Crippen LogP contribution is -2.45. The molecule has 19 heavy (non-hydrogen) atoms. The van der Waals surface area contributed by atoms with Crippen LogP contribution in [-0.4, -0.2) is 53.7 Å². The van der Waals surface area contributed by atoms with Gasteiger partial charge in [0, 0.05) is 31.5 Å². The summed E-state index contributed by atoms with van der Waals surface area (Å²) in [5, 5.41) is 0. The fourth-order valence-corrected chi connectivity index (χ4v) is 3.33. The molecular formula is C15H26N2O2. The average Bonchev–Trinajstić information content (AvgIpc) is 2.96. The molecule has 2 aliphatic rings. The Labute approximate surface area is 116 Å². The molecule has 4 nitrogen and oxygen atoms in total. The molecule has 1 amide bonds. The zero-order chi connectivity index (χ0) is 14.0. The van der Waals surface area contributed by atoms with E-state index in [1.54, 1.807) is 4.90 Å². The van der Waals surface area contributed by atoms with Crippen molar-refractivity contribution in [2.75, 3.05) is 20.1 Å². The molecule has 0 N–H and O–H groups in total. The standard InChI is InChI=1S/C15H26N2O2/c1-11(2)16(3)15(19)10-17-9-5-7-13(17)12-6-4-8-14(12)18/h11-13H,4-10H2,1-3H3. The Kier molecular flexibility index (Phi) is 4.61. The van der Waals surface area contributed by atoms with Gasteiger partial charge in [0.15, 0.2) is 0 Å². The van der Waals surface area contributed by atoms with Crippen LogP contribution in [0.5, 0.6) is 0 Å². The Morgan fingerprint density at radius 2 is 2.11 bits per heavy atom. The highest BCUT2D eigenvalue weighted by atomic mass is 16.2. The molecule has 1 aliphatic heterocycles. The monoisotopic (exact) mass is 266 g/mol. The third-order valence-electron chi connectivity index (χ3n) is 4.74. The van der Waals surface area contributed by atoms with Crippen LogP contribution in [0.2, 0.25) is 0 Å². The van der Waals surface area contributed by atoms with Crippen molar-refractivity contribution >= 4 is 11.7 Å². The highest BCUT2D eigenvalue weighted by Crippen LogP contribution is 2.33. The van der Waals surface area contributed by atoms with E-state index in [-0.39, 0.29) is 17.9 Å². The summed E-state index contributed by atoms with van der Waals surface area (Å²) in [4.78, 5) is 28.1. The Morgan fingerprint density at radius 1 is 1.37 bits per heavy atom. The summed E-state index contributed by atoms with van der Waals surface area (Å²) in [7, 11) is 1.86. The lowest BCUT2D eigenvalue weighted by molar-refractivity contribution is -0.134. The third-order valence-corrected chi connectivity index (χ3v) is 4.74. The first-order chi connectivity index (χ1) is 9.00. The molecule has 0 spiro atoms. The van der Waals surface area contributed by atoms with Crippen LogP contribution in [0.25, 0.3) is 0 Å². The van der Waals surface area contributed by atoms with E-state index in [9.17, 15) is 9.59 Å². The molecular weight excluding hydrogens is 240 g/mol. The maximum absolute atomic E-state index is 12.2. The van der Waals surface area contributed by atoms with Crippen molar-refractivity contribution in [3.8, 4) is 0 Å². The Balaban J connectivity index is 1.95. The van der Waals surface area contributed by atoms with Gasteiger partial charge in [-0.25, -0.2) is 0 Å². The van der Waals surface area contributed by atoms with Crippen molar-refractivity contribution in [3.05, 3.63) is 0 Å². The molecule has 0 radical (unpaired) electrons. The van der Waals surface area contributed by atoms with Gasteiger partial charge in [0.2, 0.25) is 5.91 Å². The predicted octanol–water partition coefficient (Wildman–Crippen LogP) is 1.69. The Hall–Kier alpha value is -0.900. The topological polar surface area (TPSA) is 40.6 Å². The van der Waals surface area contributed by atoms with Gasteiger partial charge < -0.3 is 4.90 Å². The first-order valence-corrected chi connectivity index (χ1v) is 7.53. The van der Waals surface area contributed by atoms with E-state index in [1.807, 2.05) is 20.9 Å². The molecule has 4 heteroatoms. The summed E-state index contributed by atoms with van der Waals surface area (Å²) >= 11 is 0. The van der Waals surface area contributed by atoms with Gasteiger partial charge in [-0.15, -0.1) is 0 Å². The number of amides is 1. The Morgan fingerprint density at radius 3 is 2.68 bits per heavy atom. The minimum Gasteiger partial charge on any atom is -0.342 e. The van der Waals surface area contributed by atoms with E-state index >= 15 is 0 Å². The fraction of sp³-hybridized carbons (Fsp3) is 0.867. The number of Topliss-reactive ketones (excluding diaryl/α,β-unsaturated/α-hetero) is 1. The summed E-state index contributed by atoms with van der Waals surface area (Å²) in [6, 6.07) is 0.557. The quantitative estimate of drug-likeness (QED) is 0.777. The second-order valence-corrected chi connectivity index (χ2v) is 6.24. The number of nitrogens with zero attached hydrogens (tertiary/aromatic N) is 2. The van der Waals surface area contributed by atoms with Gasteiger partial charge in [-0.3, -0.25) is 14.5 Å². The molecule has 1 aliphatic carbocycles. The SMILES string of the molecule is CC(C)N(C)C(=O)CN1CCCC1C1CCCC1=O. The highest BCUT2D eigenvalue weighted by Gasteiger charge is 2.38. The maximum atomic E-state index is 12.2. The van der Waals surface area contributed by atoms with Crippen LogP contribution in [0, 0.1) is 5.92 Å². The number of likely N-dealkylation sites (N-methyl/N-ethyl adjacent to an activating group) is 1. The smallest absolute Gasteiger partial charge is 0.236 e. The predicted molar refractivity (Wildman–Crippen MR) is 74.8 cm³/mol. The lowest BCUT2D eigenvalue weighted by atomic mass is 9.95. The van der Waals surface area contributed by atoms with Crippen LogP contribution in [0.3, 0.4) is 0 Å². The number of likely N-dealkylation sites (tertiary alicyclic amines) is 1. The first kappa shape index (κ1) is 14.5. The molecule has 1 saturated heterocycles. The van der Waals surface area contributed by atoms with E-state index in [1.165, 1.54) is 0 Å². The zero-order valence-corrected chi connectivity index (χ0v) is 12.4. The summed E-state index contributed by atoms with van der Waals surface area (Å²) < 4.78 is 0. The van der Waals surface area contributed by atoms with Crippen molar-refractivity contribution in [2.24, 2.45) is 5.92 Å². The number of carbonyl (C=O) groups is 2. The Bertz CT molecular complexity index is 354. The van der Waals surface area contributed by atoms with Crippen molar-refractivity contribution in [1.29, 1.82) is 0 Å². The number of carbonyl (C=O) groups excluding carboxylic acids is 2. The van der Waals surface area contributed by atoms with Crippen LogP contribution in [0.1, 0.15) is 46.0 Å². The van der Waals surface area contributed by atoms with Gasteiger partial charge in [0.05, 0.1) is 6.54 Å². The maximum Gasteiger partial charge on any atom is 0.236 e. The number of hydrogen-bond acceptors (Lipinski definition) is 3. The molecule has 2 rings (SSSR count). The molecule has 2 atom stereocenters.